The summed E-state index contributed by atoms with van der Waals surface area (Å²) in [6.07, 6.45) is 0. The Labute approximate surface area is 103 Å². The first-order chi connectivity index (χ1) is 8.08. The van der Waals surface area contributed by atoms with E-state index in [1.54, 1.807) is 6.07 Å². The van der Waals surface area contributed by atoms with Gasteiger partial charge in [-0.05, 0) is 30.7 Å². The number of benzene rings is 1. The zero-order valence-electron chi connectivity index (χ0n) is 10.9. The van der Waals surface area contributed by atoms with Crippen LogP contribution in [-0.2, 0) is 0 Å². The van der Waals surface area contributed by atoms with Crippen molar-refractivity contribution >= 4 is 5.69 Å². The van der Waals surface area contributed by atoms with Gasteiger partial charge in [0.05, 0.1) is 5.69 Å². The predicted molar refractivity (Wildman–Crippen MR) is 70.2 cm³/mol. The average Bonchev–Trinajstić information content (AvgIpc) is 2.31. The van der Waals surface area contributed by atoms with E-state index in [0.717, 1.165) is 31.9 Å². The SMILES string of the molecule is CC(C)c1ccc(F)c(N2CCN(C)CC2)c1. The van der Waals surface area contributed by atoms with Crippen molar-refractivity contribution in [2.75, 3.05) is 38.1 Å². The van der Waals surface area contributed by atoms with E-state index >= 15 is 0 Å². The molecule has 1 fully saturated rings. The minimum absolute atomic E-state index is 0.0982. The number of hydrogen-bond donors (Lipinski definition) is 0. The van der Waals surface area contributed by atoms with Crippen molar-refractivity contribution < 1.29 is 4.39 Å². The largest absolute Gasteiger partial charge is 0.367 e. The van der Waals surface area contributed by atoms with E-state index in [1.807, 2.05) is 12.1 Å². The van der Waals surface area contributed by atoms with Gasteiger partial charge in [0.15, 0.2) is 0 Å². The molecule has 1 aromatic rings. The molecule has 1 saturated heterocycles. The van der Waals surface area contributed by atoms with Crippen LogP contribution in [0.2, 0.25) is 0 Å². The Morgan fingerprint density at radius 2 is 1.76 bits per heavy atom. The monoisotopic (exact) mass is 236 g/mol. The third-order valence-electron chi connectivity index (χ3n) is 3.48. The van der Waals surface area contributed by atoms with E-state index in [9.17, 15) is 4.39 Å². The molecule has 2 nitrogen and oxygen atoms in total. The summed E-state index contributed by atoms with van der Waals surface area (Å²) < 4.78 is 13.9. The smallest absolute Gasteiger partial charge is 0.146 e. The van der Waals surface area contributed by atoms with E-state index in [-0.39, 0.29) is 5.82 Å². The van der Waals surface area contributed by atoms with E-state index in [4.69, 9.17) is 0 Å². The van der Waals surface area contributed by atoms with Gasteiger partial charge in [0, 0.05) is 26.2 Å². The van der Waals surface area contributed by atoms with Gasteiger partial charge in [0.25, 0.3) is 0 Å². The lowest BCUT2D eigenvalue weighted by Crippen LogP contribution is -2.44. The molecule has 17 heavy (non-hydrogen) atoms. The van der Waals surface area contributed by atoms with Gasteiger partial charge in [0.1, 0.15) is 5.82 Å². The minimum atomic E-state index is -0.0982. The first-order valence-electron chi connectivity index (χ1n) is 6.31. The second-order valence-electron chi connectivity index (χ2n) is 5.16. The molecule has 1 heterocycles. The molecule has 0 unspecified atom stereocenters. The van der Waals surface area contributed by atoms with Crippen LogP contribution < -0.4 is 4.90 Å². The molecular formula is C14H21FN2. The number of likely N-dealkylation sites (N-methyl/N-ethyl adjacent to an activating group) is 1. The first kappa shape index (κ1) is 12.4. The summed E-state index contributed by atoms with van der Waals surface area (Å²) >= 11 is 0. The summed E-state index contributed by atoms with van der Waals surface area (Å²) in [6.45, 7) is 8.11. The molecule has 1 aliphatic heterocycles. The molecule has 0 bridgehead atoms. The van der Waals surface area contributed by atoms with Crippen molar-refractivity contribution in [2.45, 2.75) is 19.8 Å². The summed E-state index contributed by atoms with van der Waals surface area (Å²) in [5, 5.41) is 0. The Hall–Kier alpha value is -1.09. The third-order valence-corrected chi connectivity index (χ3v) is 3.48. The minimum Gasteiger partial charge on any atom is -0.367 e. The topological polar surface area (TPSA) is 6.48 Å². The van der Waals surface area contributed by atoms with Gasteiger partial charge in [0.2, 0.25) is 0 Å². The summed E-state index contributed by atoms with van der Waals surface area (Å²) in [7, 11) is 2.11. The van der Waals surface area contributed by atoms with Crippen LogP contribution in [0.25, 0.3) is 0 Å². The summed E-state index contributed by atoms with van der Waals surface area (Å²) in [4.78, 5) is 4.43. The van der Waals surface area contributed by atoms with Crippen LogP contribution in [-0.4, -0.2) is 38.1 Å². The Bertz CT molecular complexity index is 382. The molecule has 94 valence electrons. The van der Waals surface area contributed by atoms with E-state index in [0.29, 0.717) is 5.92 Å². The van der Waals surface area contributed by atoms with Crippen LogP contribution in [0.3, 0.4) is 0 Å². The molecule has 0 saturated carbocycles. The maximum atomic E-state index is 13.9. The Kier molecular flexibility index (Phi) is 3.67. The quantitative estimate of drug-likeness (QED) is 0.779. The Morgan fingerprint density at radius 1 is 1.12 bits per heavy atom. The number of hydrogen-bond acceptors (Lipinski definition) is 2. The van der Waals surface area contributed by atoms with Gasteiger partial charge >= 0.3 is 0 Å². The second kappa shape index (κ2) is 5.05. The molecule has 0 aliphatic carbocycles. The number of rotatable bonds is 2. The maximum Gasteiger partial charge on any atom is 0.146 e. The van der Waals surface area contributed by atoms with Crippen molar-refractivity contribution in [3.8, 4) is 0 Å². The van der Waals surface area contributed by atoms with Crippen LogP contribution >= 0.6 is 0 Å². The lowest BCUT2D eigenvalue weighted by Gasteiger charge is -2.34. The molecule has 2 rings (SSSR count). The second-order valence-corrected chi connectivity index (χ2v) is 5.16. The summed E-state index contributed by atoms with van der Waals surface area (Å²) in [5.74, 6) is 0.348. The zero-order valence-corrected chi connectivity index (χ0v) is 10.9. The highest BCUT2D eigenvalue weighted by Gasteiger charge is 2.17. The number of halogens is 1. The molecule has 0 amide bonds. The maximum absolute atomic E-state index is 13.9. The van der Waals surface area contributed by atoms with Crippen LogP contribution in [0.4, 0.5) is 10.1 Å². The predicted octanol–water partition coefficient (Wildman–Crippen LogP) is 2.70. The van der Waals surface area contributed by atoms with E-state index in [1.165, 1.54) is 5.56 Å². The number of piperazine rings is 1. The van der Waals surface area contributed by atoms with Crippen molar-refractivity contribution in [1.29, 1.82) is 0 Å². The molecule has 0 radical (unpaired) electrons. The molecule has 0 spiro atoms. The van der Waals surface area contributed by atoms with Gasteiger partial charge in [-0.25, -0.2) is 4.39 Å². The summed E-state index contributed by atoms with van der Waals surface area (Å²) in [6, 6.07) is 5.49. The Balaban J connectivity index is 2.22. The molecule has 3 heteroatoms. The standard InChI is InChI=1S/C14H21FN2/c1-11(2)12-4-5-13(15)14(10-12)17-8-6-16(3)7-9-17/h4-5,10-11H,6-9H2,1-3H3. The van der Waals surface area contributed by atoms with Gasteiger partial charge < -0.3 is 9.80 Å². The fraction of sp³-hybridized carbons (Fsp3) is 0.571. The molecule has 1 aliphatic rings. The molecule has 0 aromatic heterocycles. The molecular weight excluding hydrogens is 215 g/mol. The zero-order chi connectivity index (χ0) is 12.4. The lowest BCUT2D eigenvalue weighted by atomic mass is 10.0. The normalized spacial score (nSPS) is 17.8. The third kappa shape index (κ3) is 2.78. The number of anilines is 1. The van der Waals surface area contributed by atoms with Crippen LogP contribution in [0.5, 0.6) is 0 Å². The number of nitrogens with zero attached hydrogens (tertiary/aromatic N) is 2. The first-order valence-corrected chi connectivity index (χ1v) is 6.31. The molecule has 0 atom stereocenters. The Morgan fingerprint density at radius 3 is 2.35 bits per heavy atom. The van der Waals surface area contributed by atoms with Gasteiger partial charge in [-0.2, -0.15) is 0 Å². The van der Waals surface area contributed by atoms with Gasteiger partial charge in [-0.15, -0.1) is 0 Å². The summed E-state index contributed by atoms with van der Waals surface area (Å²) in [5.41, 5.74) is 1.98. The van der Waals surface area contributed by atoms with Crippen LogP contribution in [0.1, 0.15) is 25.3 Å². The van der Waals surface area contributed by atoms with Crippen LogP contribution in [0.15, 0.2) is 18.2 Å². The van der Waals surface area contributed by atoms with Crippen molar-refractivity contribution in [2.24, 2.45) is 0 Å². The van der Waals surface area contributed by atoms with Gasteiger partial charge in [-0.3, -0.25) is 0 Å². The molecule has 1 aromatic carbocycles. The van der Waals surface area contributed by atoms with E-state index < -0.39 is 0 Å². The van der Waals surface area contributed by atoms with Gasteiger partial charge in [-0.1, -0.05) is 19.9 Å². The average molecular weight is 236 g/mol. The fourth-order valence-electron chi connectivity index (χ4n) is 2.18. The van der Waals surface area contributed by atoms with Crippen molar-refractivity contribution in [3.63, 3.8) is 0 Å². The van der Waals surface area contributed by atoms with Crippen molar-refractivity contribution in [1.82, 2.24) is 4.90 Å². The highest BCUT2D eigenvalue weighted by molar-refractivity contribution is 5.51. The highest BCUT2D eigenvalue weighted by Crippen LogP contribution is 2.25. The highest BCUT2D eigenvalue weighted by atomic mass is 19.1. The molecule has 0 N–H and O–H groups in total. The fourth-order valence-corrected chi connectivity index (χ4v) is 2.18. The lowest BCUT2D eigenvalue weighted by molar-refractivity contribution is 0.311. The van der Waals surface area contributed by atoms with E-state index in [2.05, 4.69) is 30.7 Å². The van der Waals surface area contributed by atoms with Crippen LogP contribution in [0, 0.1) is 5.82 Å². The van der Waals surface area contributed by atoms with Crippen molar-refractivity contribution in [3.05, 3.63) is 29.6 Å².